The Morgan fingerprint density at radius 2 is 2.07 bits per heavy atom. The largest absolute Gasteiger partial charge is 0.475 e. The fourth-order valence-electron chi connectivity index (χ4n) is 3.37. The normalized spacial score (nSPS) is 17.2. The van der Waals surface area contributed by atoms with Crippen molar-refractivity contribution in [2.24, 2.45) is 4.99 Å². The van der Waals surface area contributed by atoms with Gasteiger partial charge in [-0.15, -0.1) is 0 Å². The molecule has 1 atom stereocenters. The minimum Gasteiger partial charge on any atom is -0.475 e. The Bertz CT molecular complexity index is 736. The maximum absolute atomic E-state index is 5.71. The summed E-state index contributed by atoms with van der Waals surface area (Å²) < 4.78 is 10.8. The number of nitrogens with zero attached hydrogens (tertiary/aromatic N) is 3. The van der Waals surface area contributed by atoms with Crippen LogP contribution in [0.3, 0.4) is 0 Å². The van der Waals surface area contributed by atoms with Gasteiger partial charge in [-0.05, 0) is 18.1 Å². The molecule has 1 aliphatic rings. The van der Waals surface area contributed by atoms with E-state index in [2.05, 4.69) is 50.5 Å². The van der Waals surface area contributed by atoms with E-state index in [0.29, 0.717) is 31.6 Å². The standard InChI is InChI=1S/C21H28N4O2/c1-22-21(25-12-10-19(16-25)17-7-4-3-5-8-17)24-15-18-9-6-11-23-20(18)27-14-13-26-2/h3-9,11,19H,10,12-16H2,1-2H3,(H,22,24). The van der Waals surface area contributed by atoms with E-state index in [1.54, 1.807) is 13.3 Å². The fourth-order valence-corrected chi connectivity index (χ4v) is 3.37. The first-order chi connectivity index (χ1) is 13.3. The summed E-state index contributed by atoms with van der Waals surface area (Å²) in [5, 5.41) is 3.46. The number of ether oxygens (including phenoxy) is 2. The zero-order valence-corrected chi connectivity index (χ0v) is 16.1. The van der Waals surface area contributed by atoms with Gasteiger partial charge in [-0.3, -0.25) is 4.99 Å². The SMILES string of the molecule is CN=C(NCc1cccnc1OCCOC)N1CCC(c2ccccc2)C1. The van der Waals surface area contributed by atoms with Gasteiger partial charge in [0.05, 0.1) is 6.61 Å². The van der Waals surface area contributed by atoms with Crippen LogP contribution < -0.4 is 10.1 Å². The van der Waals surface area contributed by atoms with E-state index in [9.17, 15) is 0 Å². The minimum absolute atomic E-state index is 0.486. The van der Waals surface area contributed by atoms with Crippen LogP contribution in [-0.4, -0.2) is 56.3 Å². The molecule has 0 radical (unpaired) electrons. The Morgan fingerprint density at radius 3 is 2.85 bits per heavy atom. The van der Waals surface area contributed by atoms with E-state index in [4.69, 9.17) is 9.47 Å². The topological polar surface area (TPSA) is 59.0 Å². The van der Waals surface area contributed by atoms with Gasteiger partial charge in [0.1, 0.15) is 6.61 Å². The quantitative estimate of drug-likeness (QED) is 0.463. The summed E-state index contributed by atoms with van der Waals surface area (Å²) in [6.45, 7) is 3.63. The van der Waals surface area contributed by atoms with Gasteiger partial charge in [-0.2, -0.15) is 0 Å². The van der Waals surface area contributed by atoms with Crippen molar-refractivity contribution in [3.05, 3.63) is 59.8 Å². The number of aromatic nitrogens is 1. The number of aliphatic imine (C=N–C) groups is 1. The molecule has 0 saturated carbocycles. The number of hydrogen-bond donors (Lipinski definition) is 1. The number of hydrogen-bond acceptors (Lipinski definition) is 4. The molecule has 2 heterocycles. The van der Waals surface area contributed by atoms with Gasteiger partial charge in [-0.25, -0.2) is 4.98 Å². The first-order valence-corrected chi connectivity index (χ1v) is 9.38. The van der Waals surface area contributed by atoms with Crippen LogP contribution in [0.4, 0.5) is 0 Å². The van der Waals surface area contributed by atoms with Crippen LogP contribution in [0.15, 0.2) is 53.7 Å². The van der Waals surface area contributed by atoms with Gasteiger partial charge in [-0.1, -0.05) is 36.4 Å². The molecular weight excluding hydrogens is 340 g/mol. The van der Waals surface area contributed by atoms with E-state index in [1.165, 1.54) is 5.56 Å². The summed E-state index contributed by atoms with van der Waals surface area (Å²) in [4.78, 5) is 11.1. The average molecular weight is 368 g/mol. The Balaban J connectivity index is 1.57. The molecule has 2 aromatic rings. The number of benzene rings is 1. The van der Waals surface area contributed by atoms with E-state index in [0.717, 1.165) is 31.0 Å². The minimum atomic E-state index is 0.486. The van der Waals surface area contributed by atoms with Gasteiger partial charge in [0.25, 0.3) is 0 Å². The molecule has 1 aromatic heterocycles. The average Bonchev–Trinajstić information content (AvgIpc) is 3.20. The number of likely N-dealkylation sites (tertiary alicyclic amines) is 1. The van der Waals surface area contributed by atoms with Crippen molar-refractivity contribution in [1.82, 2.24) is 15.2 Å². The third-order valence-corrected chi connectivity index (χ3v) is 4.78. The van der Waals surface area contributed by atoms with Crippen molar-refractivity contribution in [1.29, 1.82) is 0 Å². The maximum Gasteiger partial charge on any atom is 0.218 e. The monoisotopic (exact) mass is 368 g/mol. The van der Waals surface area contributed by atoms with E-state index in [1.807, 2.05) is 19.2 Å². The lowest BCUT2D eigenvalue weighted by Gasteiger charge is -2.22. The molecule has 3 rings (SSSR count). The highest BCUT2D eigenvalue weighted by Crippen LogP contribution is 2.27. The molecule has 1 saturated heterocycles. The van der Waals surface area contributed by atoms with Crippen molar-refractivity contribution in [3.8, 4) is 5.88 Å². The van der Waals surface area contributed by atoms with Crippen molar-refractivity contribution < 1.29 is 9.47 Å². The highest BCUT2D eigenvalue weighted by molar-refractivity contribution is 5.80. The maximum atomic E-state index is 5.71. The second kappa shape index (κ2) is 9.92. The molecular formula is C21H28N4O2. The number of methoxy groups -OCH3 is 1. The summed E-state index contributed by atoms with van der Waals surface area (Å²) in [5.41, 5.74) is 2.41. The summed E-state index contributed by atoms with van der Waals surface area (Å²) in [5.74, 6) is 2.11. The highest BCUT2D eigenvalue weighted by Gasteiger charge is 2.25. The highest BCUT2D eigenvalue weighted by atomic mass is 16.5. The lowest BCUT2D eigenvalue weighted by molar-refractivity contribution is 0.143. The third kappa shape index (κ3) is 5.20. The zero-order valence-electron chi connectivity index (χ0n) is 16.1. The molecule has 1 unspecified atom stereocenters. The smallest absolute Gasteiger partial charge is 0.218 e. The molecule has 1 N–H and O–H groups in total. The van der Waals surface area contributed by atoms with Crippen molar-refractivity contribution in [3.63, 3.8) is 0 Å². The first kappa shape index (κ1) is 19.2. The molecule has 1 aromatic carbocycles. The summed E-state index contributed by atoms with van der Waals surface area (Å²) in [6, 6.07) is 14.7. The fraction of sp³-hybridized carbons (Fsp3) is 0.429. The van der Waals surface area contributed by atoms with Crippen LogP contribution in [0.5, 0.6) is 5.88 Å². The van der Waals surface area contributed by atoms with E-state index in [-0.39, 0.29) is 0 Å². The molecule has 144 valence electrons. The summed E-state index contributed by atoms with van der Waals surface area (Å²) >= 11 is 0. The molecule has 27 heavy (non-hydrogen) atoms. The first-order valence-electron chi connectivity index (χ1n) is 9.38. The Kier molecular flexibility index (Phi) is 7.04. The molecule has 6 heteroatoms. The van der Waals surface area contributed by atoms with Crippen LogP contribution >= 0.6 is 0 Å². The van der Waals surface area contributed by atoms with Gasteiger partial charge < -0.3 is 19.7 Å². The molecule has 6 nitrogen and oxygen atoms in total. The lowest BCUT2D eigenvalue weighted by Crippen LogP contribution is -2.39. The number of nitrogens with one attached hydrogen (secondary N) is 1. The van der Waals surface area contributed by atoms with Crippen LogP contribution in [0.25, 0.3) is 0 Å². The Hall–Kier alpha value is -2.60. The van der Waals surface area contributed by atoms with Gasteiger partial charge in [0, 0.05) is 51.5 Å². The second-order valence-corrected chi connectivity index (χ2v) is 6.55. The molecule has 0 spiro atoms. The molecule has 1 fully saturated rings. The van der Waals surface area contributed by atoms with Gasteiger partial charge in [0.15, 0.2) is 5.96 Å². The van der Waals surface area contributed by atoms with E-state index < -0.39 is 0 Å². The third-order valence-electron chi connectivity index (χ3n) is 4.78. The van der Waals surface area contributed by atoms with Gasteiger partial charge >= 0.3 is 0 Å². The van der Waals surface area contributed by atoms with E-state index >= 15 is 0 Å². The molecule has 1 aliphatic heterocycles. The summed E-state index contributed by atoms with van der Waals surface area (Å²) in [6.07, 6.45) is 2.88. The van der Waals surface area contributed by atoms with Crippen LogP contribution in [0.1, 0.15) is 23.5 Å². The summed E-state index contributed by atoms with van der Waals surface area (Å²) in [7, 11) is 3.49. The Morgan fingerprint density at radius 1 is 1.22 bits per heavy atom. The number of guanidine groups is 1. The predicted octanol–water partition coefficient (Wildman–Crippen LogP) is 2.67. The number of pyridine rings is 1. The van der Waals surface area contributed by atoms with Crippen molar-refractivity contribution in [2.75, 3.05) is 40.5 Å². The second-order valence-electron chi connectivity index (χ2n) is 6.55. The molecule has 0 aliphatic carbocycles. The van der Waals surface area contributed by atoms with Gasteiger partial charge in [0.2, 0.25) is 5.88 Å². The predicted molar refractivity (Wildman–Crippen MR) is 107 cm³/mol. The molecule has 0 amide bonds. The van der Waals surface area contributed by atoms with Crippen LogP contribution in [0, 0.1) is 0 Å². The lowest BCUT2D eigenvalue weighted by atomic mass is 9.99. The van der Waals surface area contributed by atoms with Crippen molar-refractivity contribution in [2.45, 2.75) is 18.9 Å². The Labute approximate surface area is 161 Å². The zero-order chi connectivity index (χ0) is 18.9. The molecule has 0 bridgehead atoms. The number of rotatable bonds is 7. The van der Waals surface area contributed by atoms with Crippen LogP contribution in [0.2, 0.25) is 0 Å². The van der Waals surface area contributed by atoms with Crippen molar-refractivity contribution >= 4 is 5.96 Å². The van der Waals surface area contributed by atoms with Crippen LogP contribution in [-0.2, 0) is 11.3 Å².